The molecule has 0 radical (unpaired) electrons. The third kappa shape index (κ3) is 3.98. The van der Waals surface area contributed by atoms with E-state index in [2.05, 4.69) is 9.71 Å². The smallest absolute Gasteiger partial charge is 0.268 e. The third-order valence-corrected chi connectivity index (χ3v) is 7.52. The molecule has 3 heterocycles. The molecule has 148 valence electrons. The van der Waals surface area contributed by atoms with Gasteiger partial charge in [-0.1, -0.05) is 30.3 Å². The van der Waals surface area contributed by atoms with Crippen LogP contribution in [0.25, 0.3) is 0 Å². The van der Waals surface area contributed by atoms with Crippen LogP contribution in [-0.2, 0) is 23.0 Å². The van der Waals surface area contributed by atoms with Gasteiger partial charge in [0.05, 0.1) is 12.1 Å². The number of imide groups is 1. The number of carbonyl (C=O) groups is 2. The van der Waals surface area contributed by atoms with Crippen LogP contribution < -0.4 is 4.72 Å². The fourth-order valence-corrected chi connectivity index (χ4v) is 5.47. The zero-order valence-corrected chi connectivity index (χ0v) is 16.9. The van der Waals surface area contributed by atoms with Crippen molar-refractivity contribution in [2.45, 2.75) is 17.2 Å². The highest BCUT2D eigenvalue weighted by Gasteiger charge is 2.36. The number of rotatable bonds is 7. The second-order valence-corrected chi connectivity index (χ2v) is 9.61. The van der Waals surface area contributed by atoms with Gasteiger partial charge in [-0.25, -0.2) is 13.1 Å². The van der Waals surface area contributed by atoms with Crippen molar-refractivity contribution in [1.82, 2.24) is 14.6 Å². The van der Waals surface area contributed by atoms with E-state index in [1.165, 1.54) is 12.3 Å². The number of amides is 2. The molecule has 0 bridgehead atoms. The lowest BCUT2D eigenvalue weighted by Gasteiger charge is -2.11. The van der Waals surface area contributed by atoms with E-state index in [-0.39, 0.29) is 28.6 Å². The molecule has 0 atom stereocenters. The van der Waals surface area contributed by atoms with Crippen LogP contribution in [0.4, 0.5) is 0 Å². The predicted molar refractivity (Wildman–Crippen MR) is 108 cm³/mol. The largest absolute Gasteiger partial charge is 0.280 e. The molecule has 1 aliphatic rings. The van der Waals surface area contributed by atoms with Crippen LogP contribution in [0.5, 0.6) is 0 Å². The van der Waals surface area contributed by atoms with E-state index < -0.39 is 21.8 Å². The molecule has 1 aliphatic heterocycles. The summed E-state index contributed by atoms with van der Waals surface area (Å²) in [7, 11) is -3.66. The van der Waals surface area contributed by atoms with Crippen LogP contribution in [0.2, 0.25) is 0 Å². The van der Waals surface area contributed by atoms with Crippen LogP contribution in [0.15, 0.2) is 65.0 Å². The first kappa shape index (κ1) is 19.4. The maximum absolute atomic E-state index is 12.5. The molecular weight excluding hydrogens is 410 g/mol. The van der Waals surface area contributed by atoms with Crippen LogP contribution in [-0.4, -0.2) is 36.7 Å². The first-order valence-electron chi connectivity index (χ1n) is 8.89. The normalized spacial score (nSPS) is 13.7. The van der Waals surface area contributed by atoms with E-state index in [9.17, 15) is 18.0 Å². The SMILES string of the molecule is O=C1c2cccnc2C(=O)N1Cc1ccc(S(=O)(=O)NCCc2ccccc2)s1. The van der Waals surface area contributed by atoms with Gasteiger partial charge in [0, 0.05) is 17.6 Å². The highest BCUT2D eigenvalue weighted by atomic mass is 32.2. The number of nitrogens with one attached hydrogen (secondary N) is 1. The second kappa shape index (κ2) is 7.86. The maximum atomic E-state index is 12.5. The molecule has 4 rings (SSSR count). The minimum atomic E-state index is -3.66. The van der Waals surface area contributed by atoms with Crippen molar-refractivity contribution < 1.29 is 18.0 Å². The Hall–Kier alpha value is -2.88. The molecule has 1 aromatic carbocycles. The Labute approximate surface area is 172 Å². The summed E-state index contributed by atoms with van der Waals surface area (Å²) in [4.78, 5) is 30.5. The highest BCUT2D eigenvalue weighted by Crippen LogP contribution is 2.27. The van der Waals surface area contributed by atoms with E-state index in [0.29, 0.717) is 11.3 Å². The zero-order valence-electron chi connectivity index (χ0n) is 15.2. The average Bonchev–Trinajstić information content (AvgIpc) is 3.29. The summed E-state index contributed by atoms with van der Waals surface area (Å²) in [6, 6.07) is 15.9. The topological polar surface area (TPSA) is 96.4 Å². The van der Waals surface area contributed by atoms with Gasteiger partial charge in [0.2, 0.25) is 10.0 Å². The molecule has 0 saturated heterocycles. The Morgan fingerprint density at radius 3 is 2.52 bits per heavy atom. The summed E-state index contributed by atoms with van der Waals surface area (Å²) in [5, 5.41) is 0. The monoisotopic (exact) mass is 427 g/mol. The number of aromatic nitrogens is 1. The number of fused-ring (bicyclic) bond motifs is 1. The van der Waals surface area contributed by atoms with Crippen molar-refractivity contribution >= 4 is 33.2 Å². The number of hydrogen-bond acceptors (Lipinski definition) is 6. The van der Waals surface area contributed by atoms with Crippen LogP contribution in [0.1, 0.15) is 31.3 Å². The minimum Gasteiger partial charge on any atom is -0.268 e. The van der Waals surface area contributed by atoms with Gasteiger partial charge in [0.15, 0.2) is 0 Å². The van der Waals surface area contributed by atoms with E-state index in [4.69, 9.17) is 0 Å². The Kier molecular flexibility index (Phi) is 5.27. The number of nitrogens with zero attached hydrogens (tertiary/aromatic N) is 2. The van der Waals surface area contributed by atoms with Gasteiger partial charge in [-0.05, 0) is 36.2 Å². The summed E-state index contributed by atoms with van der Waals surface area (Å²) in [6.45, 7) is 0.294. The van der Waals surface area contributed by atoms with E-state index in [1.807, 2.05) is 30.3 Å². The van der Waals surface area contributed by atoms with Gasteiger partial charge in [-0.15, -0.1) is 11.3 Å². The Morgan fingerprint density at radius 2 is 1.76 bits per heavy atom. The van der Waals surface area contributed by atoms with Crippen LogP contribution >= 0.6 is 11.3 Å². The van der Waals surface area contributed by atoms with Gasteiger partial charge in [0.1, 0.15) is 9.90 Å². The zero-order chi connectivity index (χ0) is 20.4. The number of thiophene rings is 1. The number of pyridine rings is 1. The van der Waals surface area contributed by atoms with Crippen molar-refractivity contribution in [3.63, 3.8) is 0 Å². The molecule has 29 heavy (non-hydrogen) atoms. The molecule has 0 fully saturated rings. The number of hydrogen-bond donors (Lipinski definition) is 1. The third-order valence-electron chi connectivity index (χ3n) is 4.50. The number of benzene rings is 1. The molecule has 0 spiro atoms. The van der Waals surface area contributed by atoms with Gasteiger partial charge in [0.25, 0.3) is 11.8 Å². The quantitative estimate of drug-likeness (QED) is 0.585. The Bertz CT molecular complexity index is 1140. The average molecular weight is 428 g/mol. The standard InChI is InChI=1S/C20H17N3O4S2/c24-19-16-7-4-11-21-18(16)20(25)23(19)13-15-8-9-17(28-15)29(26,27)22-12-10-14-5-2-1-3-6-14/h1-9,11,22H,10,12-13H2. The molecule has 0 aliphatic carbocycles. The highest BCUT2D eigenvalue weighted by molar-refractivity contribution is 7.91. The van der Waals surface area contributed by atoms with Crippen molar-refractivity contribution in [3.05, 3.63) is 82.5 Å². The van der Waals surface area contributed by atoms with Crippen molar-refractivity contribution in [1.29, 1.82) is 0 Å². The molecule has 0 saturated carbocycles. The van der Waals surface area contributed by atoms with Crippen molar-refractivity contribution in [3.8, 4) is 0 Å². The van der Waals surface area contributed by atoms with Gasteiger partial charge >= 0.3 is 0 Å². The number of sulfonamides is 1. The van der Waals surface area contributed by atoms with Crippen molar-refractivity contribution in [2.75, 3.05) is 6.54 Å². The van der Waals surface area contributed by atoms with Gasteiger partial charge in [-0.3, -0.25) is 19.5 Å². The number of carbonyl (C=O) groups excluding carboxylic acids is 2. The maximum Gasteiger partial charge on any atom is 0.280 e. The molecule has 2 amide bonds. The van der Waals surface area contributed by atoms with Gasteiger partial charge < -0.3 is 0 Å². The first-order valence-corrected chi connectivity index (χ1v) is 11.2. The minimum absolute atomic E-state index is 0.0121. The Balaban J connectivity index is 1.42. The summed E-state index contributed by atoms with van der Waals surface area (Å²) < 4.78 is 27.8. The van der Waals surface area contributed by atoms with Gasteiger partial charge in [-0.2, -0.15) is 0 Å². The molecule has 3 aromatic rings. The molecular formula is C20H17N3O4S2. The summed E-state index contributed by atoms with van der Waals surface area (Å²) in [5.74, 6) is -0.888. The first-order chi connectivity index (χ1) is 14.0. The molecule has 0 unspecified atom stereocenters. The fourth-order valence-electron chi connectivity index (χ4n) is 3.05. The van der Waals surface area contributed by atoms with Crippen LogP contribution in [0.3, 0.4) is 0 Å². The van der Waals surface area contributed by atoms with Crippen molar-refractivity contribution in [2.24, 2.45) is 0 Å². The lowest BCUT2D eigenvalue weighted by Crippen LogP contribution is -2.28. The predicted octanol–water partition coefficient (Wildman–Crippen LogP) is 2.46. The second-order valence-electron chi connectivity index (χ2n) is 6.45. The summed E-state index contributed by atoms with van der Waals surface area (Å²) in [5.41, 5.74) is 1.44. The fraction of sp³-hybridized carbons (Fsp3) is 0.150. The van der Waals surface area contributed by atoms with E-state index in [1.54, 1.807) is 18.2 Å². The summed E-state index contributed by atoms with van der Waals surface area (Å²) in [6.07, 6.45) is 2.05. The van der Waals surface area contributed by atoms with E-state index in [0.717, 1.165) is 21.8 Å². The molecule has 2 aromatic heterocycles. The Morgan fingerprint density at radius 1 is 0.966 bits per heavy atom. The lowest BCUT2D eigenvalue weighted by molar-refractivity contribution is 0.0642. The molecule has 9 heteroatoms. The van der Waals surface area contributed by atoms with Crippen LogP contribution in [0, 0.1) is 0 Å². The summed E-state index contributed by atoms with van der Waals surface area (Å²) >= 11 is 1.04. The van der Waals surface area contributed by atoms with E-state index >= 15 is 0 Å². The molecule has 1 N–H and O–H groups in total. The molecule has 7 nitrogen and oxygen atoms in total. The lowest BCUT2D eigenvalue weighted by atomic mass is 10.2.